The molecule has 1 atom stereocenters. The van der Waals surface area contributed by atoms with Crippen LogP contribution < -0.4 is 15.0 Å². The maximum absolute atomic E-state index is 12.3. The van der Waals surface area contributed by atoms with Crippen molar-refractivity contribution in [1.29, 1.82) is 0 Å². The molecule has 3 rings (SSSR count). The molecule has 1 N–H and O–H groups in total. The largest absolute Gasteiger partial charge is 0.497 e. The molecule has 26 heavy (non-hydrogen) atoms. The molecule has 0 aromatic heterocycles. The van der Waals surface area contributed by atoms with Gasteiger partial charge in [-0.1, -0.05) is 0 Å². The lowest BCUT2D eigenvalue weighted by atomic mass is 10.1. The fourth-order valence-electron chi connectivity index (χ4n) is 3.46. The number of carbonyl (C=O) groups excluding carboxylic acids is 3. The minimum absolute atomic E-state index is 0.0662. The van der Waals surface area contributed by atoms with Gasteiger partial charge in [-0.25, -0.2) is 0 Å². The van der Waals surface area contributed by atoms with Crippen molar-refractivity contribution in [1.82, 2.24) is 10.2 Å². The summed E-state index contributed by atoms with van der Waals surface area (Å²) in [5.74, 6) is 0.195. The number of carbonyl (C=O) groups is 3. The molecule has 0 radical (unpaired) electrons. The first-order chi connectivity index (χ1) is 12.6. The van der Waals surface area contributed by atoms with Crippen LogP contribution in [0.5, 0.6) is 5.75 Å². The second-order valence-electron chi connectivity index (χ2n) is 6.73. The van der Waals surface area contributed by atoms with Crippen LogP contribution in [0, 0.1) is 5.92 Å². The third kappa shape index (κ3) is 4.15. The predicted molar refractivity (Wildman–Crippen MR) is 96.9 cm³/mol. The molecule has 0 spiro atoms. The molecule has 7 nitrogen and oxygen atoms in total. The van der Waals surface area contributed by atoms with Crippen LogP contribution in [0.15, 0.2) is 24.3 Å². The average Bonchev–Trinajstić information content (AvgIpc) is 3.31. The van der Waals surface area contributed by atoms with Crippen molar-refractivity contribution in [3.05, 3.63) is 24.3 Å². The van der Waals surface area contributed by atoms with Gasteiger partial charge in [0.2, 0.25) is 17.7 Å². The molecule has 2 heterocycles. The molecule has 1 unspecified atom stereocenters. The summed E-state index contributed by atoms with van der Waals surface area (Å²) >= 11 is 0. The van der Waals surface area contributed by atoms with E-state index >= 15 is 0 Å². The number of hydrogen-bond acceptors (Lipinski definition) is 4. The Morgan fingerprint density at radius 2 is 1.88 bits per heavy atom. The maximum Gasteiger partial charge on any atom is 0.227 e. The summed E-state index contributed by atoms with van der Waals surface area (Å²) in [6.45, 7) is 2.32. The molecule has 0 aliphatic carbocycles. The van der Waals surface area contributed by atoms with Gasteiger partial charge in [-0.15, -0.1) is 0 Å². The number of likely N-dealkylation sites (tertiary alicyclic amines) is 1. The number of ether oxygens (including phenoxy) is 1. The normalized spacial score (nSPS) is 19.7. The molecule has 140 valence electrons. The van der Waals surface area contributed by atoms with E-state index < -0.39 is 0 Å². The Balaban J connectivity index is 1.47. The van der Waals surface area contributed by atoms with Gasteiger partial charge in [0.15, 0.2) is 0 Å². The van der Waals surface area contributed by atoms with Gasteiger partial charge in [0.25, 0.3) is 0 Å². The first kappa shape index (κ1) is 18.2. The van der Waals surface area contributed by atoms with E-state index in [0.29, 0.717) is 19.5 Å². The van der Waals surface area contributed by atoms with E-state index in [2.05, 4.69) is 5.32 Å². The molecule has 0 bridgehead atoms. The third-order valence-electron chi connectivity index (χ3n) is 4.98. The summed E-state index contributed by atoms with van der Waals surface area (Å²) < 4.78 is 5.12. The zero-order valence-electron chi connectivity index (χ0n) is 15.1. The lowest BCUT2D eigenvalue weighted by Gasteiger charge is -2.17. The van der Waals surface area contributed by atoms with Gasteiger partial charge in [-0.3, -0.25) is 14.4 Å². The van der Waals surface area contributed by atoms with Crippen LogP contribution >= 0.6 is 0 Å². The highest BCUT2D eigenvalue weighted by Gasteiger charge is 2.35. The number of rotatable bonds is 6. The van der Waals surface area contributed by atoms with Gasteiger partial charge in [0.1, 0.15) is 5.75 Å². The van der Waals surface area contributed by atoms with E-state index in [1.807, 2.05) is 17.0 Å². The van der Waals surface area contributed by atoms with Crippen molar-refractivity contribution in [3.8, 4) is 5.75 Å². The molecule has 2 aliphatic heterocycles. The molecule has 2 aliphatic rings. The van der Waals surface area contributed by atoms with Gasteiger partial charge in [-0.05, 0) is 37.1 Å². The van der Waals surface area contributed by atoms with Crippen molar-refractivity contribution in [3.63, 3.8) is 0 Å². The van der Waals surface area contributed by atoms with Crippen LogP contribution in [-0.4, -0.2) is 55.9 Å². The van der Waals surface area contributed by atoms with E-state index in [1.165, 1.54) is 0 Å². The topological polar surface area (TPSA) is 79.0 Å². The smallest absolute Gasteiger partial charge is 0.227 e. The number of benzene rings is 1. The molecule has 2 saturated heterocycles. The van der Waals surface area contributed by atoms with Crippen molar-refractivity contribution in [2.75, 3.05) is 38.2 Å². The first-order valence-electron chi connectivity index (χ1n) is 9.08. The number of amides is 3. The lowest BCUT2D eigenvalue weighted by molar-refractivity contribution is -0.130. The maximum atomic E-state index is 12.3. The summed E-state index contributed by atoms with van der Waals surface area (Å²) in [6, 6.07) is 7.21. The van der Waals surface area contributed by atoms with E-state index in [0.717, 1.165) is 37.4 Å². The molecule has 1 aromatic rings. The van der Waals surface area contributed by atoms with Gasteiger partial charge >= 0.3 is 0 Å². The second kappa shape index (κ2) is 8.21. The lowest BCUT2D eigenvalue weighted by Crippen LogP contribution is -2.36. The van der Waals surface area contributed by atoms with Crippen LogP contribution in [0.3, 0.4) is 0 Å². The minimum Gasteiger partial charge on any atom is -0.497 e. The van der Waals surface area contributed by atoms with Crippen LogP contribution in [0.2, 0.25) is 0 Å². The van der Waals surface area contributed by atoms with E-state index in [4.69, 9.17) is 4.74 Å². The highest BCUT2D eigenvalue weighted by molar-refractivity contribution is 6.00. The molecule has 0 saturated carbocycles. The zero-order valence-corrected chi connectivity index (χ0v) is 15.1. The van der Waals surface area contributed by atoms with Gasteiger partial charge in [-0.2, -0.15) is 0 Å². The fraction of sp³-hybridized carbons (Fsp3) is 0.526. The van der Waals surface area contributed by atoms with Crippen LogP contribution in [0.1, 0.15) is 25.7 Å². The Hall–Kier alpha value is -2.57. The summed E-state index contributed by atoms with van der Waals surface area (Å²) in [5, 5.41) is 2.80. The molecule has 7 heteroatoms. The van der Waals surface area contributed by atoms with Crippen molar-refractivity contribution < 1.29 is 19.1 Å². The summed E-state index contributed by atoms with van der Waals surface area (Å²) in [6.07, 6.45) is 2.62. The Morgan fingerprint density at radius 1 is 1.19 bits per heavy atom. The van der Waals surface area contributed by atoms with Crippen molar-refractivity contribution in [2.45, 2.75) is 25.7 Å². The van der Waals surface area contributed by atoms with E-state index in [9.17, 15) is 14.4 Å². The number of nitrogens with one attached hydrogen (secondary N) is 1. The highest BCUT2D eigenvalue weighted by Crippen LogP contribution is 2.26. The van der Waals surface area contributed by atoms with Crippen LogP contribution in [0.25, 0.3) is 0 Å². The number of anilines is 1. The highest BCUT2D eigenvalue weighted by atomic mass is 16.5. The third-order valence-corrected chi connectivity index (χ3v) is 4.98. The zero-order chi connectivity index (χ0) is 18.5. The fourth-order valence-corrected chi connectivity index (χ4v) is 3.46. The van der Waals surface area contributed by atoms with Crippen LogP contribution in [-0.2, 0) is 14.4 Å². The van der Waals surface area contributed by atoms with Gasteiger partial charge < -0.3 is 19.9 Å². The van der Waals surface area contributed by atoms with Crippen molar-refractivity contribution in [2.24, 2.45) is 5.92 Å². The summed E-state index contributed by atoms with van der Waals surface area (Å²) in [7, 11) is 1.59. The average molecular weight is 359 g/mol. The second-order valence-corrected chi connectivity index (χ2v) is 6.73. The summed E-state index contributed by atoms with van der Waals surface area (Å²) in [5.41, 5.74) is 0.760. The summed E-state index contributed by atoms with van der Waals surface area (Å²) in [4.78, 5) is 40.0. The number of nitrogens with zero attached hydrogens (tertiary/aromatic N) is 2. The molecule has 1 aromatic carbocycles. The predicted octanol–water partition coefficient (Wildman–Crippen LogP) is 1.18. The number of hydrogen-bond donors (Lipinski definition) is 1. The quantitative estimate of drug-likeness (QED) is 0.827. The minimum atomic E-state index is -0.383. The monoisotopic (exact) mass is 359 g/mol. The molecular weight excluding hydrogens is 334 g/mol. The van der Waals surface area contributed by atoms with Crippen molar-refractivity contribution >= 4 is 23.4 Å². The van der Waals surface area contributed by atoms with E-state index in [-0.39, 0.29) is 30.1 Å². The van der Waals surface area contributed by atoms with Gasteiger partial charge in [0.05, 0.1) is 13.0 Å². The standard InChI is InChI=1S/C19H25N3O4/c1-26-16-6-4-15(5-7-16)22-13-14(12-18(22)24)19(25)20-9-8-17(23)21-10-2-3-11-21/h4-7,14H,2-3,8-13H2,1H3,(H,20,25). The van der Waals surface area contributed by atoms with Crippen LogP contribution in [0.4, 0.5) is 5.69 Å². The number of methoxy groups -OCH3 is 1. The Morgan fingerprint density at radius 3 is 2.54 bits per heavy atom. The Kier molecular flexibility index (Phi) is 5.75. The SMILES string of the molecule is COc1ccc(N2CC(C(=O)NCCC(=O)N3CCCC3)CC2=O)cc1. The Bertz CT molecular complexity index is 668. The molecule has 3 amide bonds. The van der Waals surface area contributed by atoms with Gasteiger partial charge in [0, 0.05) is 44.7 Å². The molecular formula is C19H25N3O4. The first-order valence-corrected chi connectivity index (χ1v) is 9.08. The Labute approximate surface area is 153 Å². The molecule has 2 fully saturated rings. The van der Waals surface area contributed by atoms with E-state index in [1.54, 1.807) is 24.1 Å².